The zero-order chi connectivity index (χ0) is 41.2. The van der Waals surface area contributed by atoms with Crippen LogP contribution in [-0.4, -0.2) is 4.57 Å². The number of para-hydroxylation sites is 3. The molecule has 0 saturated heterocycles. The van der Waals surface area contributed by atoms with E-state index in [9.17, 15) is 0 Å². The highest BCUT2D eigenvalue weighted by atomic mass is 15.1. The van der Waals surface area contributed by atoms with Gasteiger partial charge in [0.05, 0.1) is 22.4 Å². The van der Waals surface area contributed by atoms with Crippen LogP contribution >= 0.6 is 0 Å². The van der Waals surface area contributed by atoms with Crippen LogP contribution in [-0.2, 0) is 0 Å². The molecule has 0 spiro atoms. The molecule has 10 aromatic carbocycles. The van der Waals surface area contributed by atoms with Gasteiger partial charge in [-0.05, 0) is 93.0 Å². The Morgan fingerprint density at radius 3 is 1.42 bits per heavy atom. The molecule has 0 bridgehead atoms. The Labute approximate surface area is 362 Å². The van der Waals surface area contributed by atoms with Crippen LogP contribution in [0.3, 0.4) is 0 Å². The first-order valence-electron chi connectivity index (χ1n) is 21.3. The molecule has 2 heteroatoms. The fraction of sp³-hybridized carbons (Fsp3) is 0. The summed E-state index contributed by atoms with van der Waals surface area (Å²) >= 11 is 0. The normalized spacial score (nSPS) is 11.2. The molecule has 1 aromatic heterocycles. The summed E-state index contributed by atoms with van der Waals surface area (Å²) in [5.74, 6) is 0. The van der Waals surface area contributed by atoms with Crippen LogP contribution in [0.5, 0.6) is 0 Å². The summed E-state index contributed by atoms with van der Waals surface area (Å²) in [6.07, 6.45) is 0. The van der Waals surface area contributed by atoms with Gasteiger partial charge in [0.1, 0.15) is 0 Å². The third-order valence-corrected chi connectivity index (χ3v) is 12.0. The molecular weight excluding hydrogens is 749 g/mol. The summed E-state index contributed by atoms with van der Waals surface area (Å²) in [7, 11) is 0. The molecule has 0 N–H and O–H groups in total. The van der Waals surface area contributed by atoms with Crippen molar-refractivity contribution in [2.45, 2.75) is 0 Å². The van der Waals surface area contributed by atoms with Crippen LogP contribution in [0.2, 0.25) is 0 Å². The van der Waals surface area contributed by atoms with Gasteiger partial charge in [-0.15, -0.1) is 0 Å². The lowest BCUT2D eigenvalue weighted by Crippen LogP contribution is -2.13. The molecule has 0 aliphatic heterocycles. The molecule has 2 nitrogen and oxygen atoms in total. The molecule has 0 amide bonds. The minimum Gasteiger partial charge on any atom is -0.309 e. The molecule has 62 heavy (non-hydrogen) atoms. The maximum absolute atomic E-state index is 2.47. The second kappa shape index (κ2) is 16.1. The molecule has 0 radical (unpaired) electrons. The van der Waals surface area contributed by atoms with E-state index < -0.39 is 0 Å². The quantitative estimate of drug-likeness (QED) is 0.141. The van der Waals surface area contributed by atoms with Gasteiger partial charge in [0.25, 0.3) is 0 Å². The third kappa shape index (κ3) is 6.56. The minimum absolute atomic E-state index is 1.07. The Morgan fingerprint density at radius 1 is 0.274 bits per heavy atom. The maximum atomic E-state index is 2.47. The van der Waals surface area contributed by atoms with E-state index in [0.29, 0.717) is 0 Å². The van der Waals surface area contributed by atoms with Crippen LogP contribution in [0.15, 0.2) is 255 Å². The first-order chi connectivity index (χ1) is 30.8. The van der Waals surface area contributed by atoms with Crippen LogP contribution in [0, 0.1) is 0 Å². The molecule has 1 heterocycles. The number of rotatable bonds is 9. The van der Waals surface area contributed by atoms with E-state index >= 15 is 0 Å². The van der Waals surface area contributed by atoms with Crippen molar-refractivity contribution in [3.63, 3.8) is 0 Å². The van der Waals surface area contributed by atoms with E-state index in [1.165, 1.54) is 66.3 Å². The molecule has 0 fully saturated rings. The SMILES string of the molecule is c1ccc(-c2ccccc2-c2c(-c3ccccc3)cccc2N(c2ccc(-c3cccc4c3c3ccccc3n4-c3ccccc3)cc2)c2ccccc2-c2ccccc2)cc1. The predicted molar refractivity (Wildman–Crippen MR) is 263 cm³/mol. The standard InChI is InChI=1S/C60H42N2/c1-5-21-43(22-6-1)49-29-13-14-31-53(49)59-51(45-25-9-3-10-26-45)33-19-37-57(59)62(55-35-17-15-30-50(55)44-23-7-2-8-24-44)48-41-39-46(40-42-48)52-34-20-38-58-60(52)54-32-16-18-36-56(54)61(58)47-27-11-4-12-28-47/h1-42H. The highest BCUT2D eigenvalue weighted by Crippen LogP contribution is 2.50. The van der Waals surface area contributed by atoms with Gasteiger partial charge in [0, 0.05) is 33.3 Å². The number of hydrogen-bond donors (Lipinski definition) is 0. The lowest BCUT2D eigenvalue weighted by molar-refractivity contribution is 1.18. The summed E-state index contributed by atoms with van der Waals surface area (Å²) in [6, 6.07) is 92.1. The summed E-state index contributed by atoms with van der Waals surface area (Å²) in [6.45, 7) is 0. The zero-order valence-corrected chi connectivity index (χ0v) is 34.1. The van der Waals surface area contributed by atoms with Crippen LogP contribution in [0.1, 0.15) is 0 Å². The largest absolute Gasteiger partial charge is 0.309 e. The summed E-state index contributed by atoms with van der Waals surface area (Å²) in [4.78, 5) is 2.47. The fourth-order valence-electron chi connectivity index (χ4n) is 9.28. The van der Waals surface area contributed by atoms with Crippen molar-refractivity contribution in [2.24, 2.45) is 0 Å². The number of aromatic nitrogens is 1. The first-order valence-corrected chi connectivity index (χ1v) is 21.3. The molecule has 292 valence electrons. The topological polar surface area (TPSA) is 8.17 Å². The first kappa shape index (κ1) is 36.8. The Hall–Kier alpha value is -8.20. The van der Waals surface area contributed by atoms with Gasteiger partial charge in [0.2, 0.25) is 0 Å². The number of hydrogen-bond acceptors (Lipinski definition) is 1. The molecule has 0 aliphatic carbocycles. The lowest BCUT2D eigenvalue weighted by atomic mass is 9.87. The van der Waals surface area contributed by atoms with Gasteiger partial charge >= 0.3 is 0 Å². The van der Waals surface area contributed by atoms with E-state index in [1.54, 1.807) is 0 Å². The van der Waals surface area contributed by atoms with E-state index in [0.717, 1.165) is 33.9 Å². The van der Waals surface area contributed by atoms with Crippen molar-refractivity contribution in [3.05, 3.63) is 255 Å². The number of benzene rings is 10. The van der Waals surface area contributed by atoms with Crippen molar-refractivity contribution in [1.29, 1.82) is 0 Å². The molecule has 0 unspecified atom stereocenters. The molecule has 0 atom stereocenters. The van der Waals surface area contributed by atoms with Gasteiger partial charge in [-0.3, -0.25) is 0 Å². The zero-order valence-electron chi connectivity index (χ0n) is 34.1. The van der Waals surface area contributed by atoms with Gasteiger partial charge < -0.3 is 9.47 Å². The Morgan fingerprint density at radius 2 is 0.726 bits per heavy atom. The summed E-state index contributed by atoms with van der Waals surface area (Å²) in [5, 5.41) is 2.49. The number of nitrogens with zero attached hydrogens (tertiary/aromatic N) is 2. The van der Waals surface area contributed by atoms with E-state index in [-0.39, 0.29) is 0 Å². The molecule has 11 rings (SSSR count). The van der Waals surface area contributed by atoms with Crippen molar-refractivity contribution < 1.29 is 0 Å². The van der Waals surface area contributed by atoms with Gasteiger partial charge in [0.15, 0.2) is 0 Å². The minimum atomic E-state index is 1.07. The van der Waals surface area contributed by atoms with Gasteiger partial charge in [-0.25, -0.2) is 0 Å². The van der Waals surface area contributed by atoms with Gasteiger partial charge in [-0.2, -0.15) is 0 Å². The van der Waals surface area contributed by atoms with Crippen LogP contribution < -0.4 is 4.90 Å². The van der Waals surface area contributed by atoms with Gasteiger partial charge in [-0.1, -0.05) is 206 Å². The molecule has 11 aromatic rings. The van der Waals surface area contributed by atoms with E-state index in [1.807, 2.05) is 0 Å². The van der Waals surface area contributed by atoms with Crippen molar-refractivity contribution in [3.8, 4) is 61.3 Å². The second-order valence-electron chi connectivity index (χ2n) is 15.6. The van der Waals surface area contributed by atoms with E-state index in [4.69, 9.17) is 0 Å². The monoisotopic (exact) mass is 790 g/mol. The number of fused-ring (bicyclic) bond motifs is 3. The lowest BCUT2D eigenvalue weighted by Gasteiger charge is -2.31. The highest BCUT2D eigenvalue weighted by molar-refractivity contribution is 6.16. The average Bonchev–Trinajstić information content (AvgIpc) is 3.70. The fourth-order valence-corrected chi connectivity index (χ4v) is 9.28. The number of anilines is 3. The Bertz CT molecular complexity index is 3310. The summed E-state index contributed by atoms with van der Waals surface area (Å²) in [5.41, 5.74) is 18.6. The van der Waals surface area contributed by atoms with Crippen molar-refractivity contribution in [1.82, 2.24) is 4.57 Å². The predicted octanol–water partition coefficient (Wildman–Crippen LogP) is 16.6. The Kier molecular flexibility index (Phi) is 9.57. The van der Waals surface area contributed by atoms with Crippen LogP contribution in [0.25, 0.3) is 83.1 Å². The van der Waals surface area contributed by atoms with Crippen molar-refractivity contribution in [2.75, 3.05) is 4.90 Å². The maximum Gasteiger partial charge on any atom is 0.0547 e. The van der Waals surface area contributed by atoms with Crippen molar-refractivity contribution >= 4 is 38.9 Å². The smallest absolute Gasteiger partial charge is 0.0547 e. The molecular formula is C60H42N2. The molecule has 0 saturated carbocycles. The average molecular weight is 791 g/mol. The highest BCUT2D eigenvalue weighted by Gasteiger charge is 2.25. The summed E-state index contributed by atoms with van der Waals surface area (Å²) < 4.78 is 2.39. The van der Waals surface area contributed by atoms with Crippen LogP contribution in [0.4, 0.5) is 17.1 Å². The Balaban J connectivity index is 1.16. The van der Waals surface area contributed by atoms with E-state index in [2.05, 4.69) is 264 Å². The molecule has 0 aliphatic rings. The third-order valence-electron chi connectivity index (χ3n) is 12.0. The second-order valence-corrected chi connectivity index (χ2v) is 15.6.